The molecule has 0 amide bonds. The number of benzene rings is 1. The normalized spacial score (nSPS) is 9.58. The minimum atomic E-state index is 0.661. The molecule has 4 N–H and O–H groups in total. The maximum atomic E-state index is 5.31. The molecular formula is C8H13N3O. The molecule has 0 radical (unpaired) electrons. The molecule has 0 atom stereocenters. The standard InChI is InChI=1S/C8H13N3O/c1-2-12-8-5-3-7(4-6-8)11(9)10/h3-6H,2,9-10H2,1H3. The van der Waals surface area contributed by atoms with Crippen molar-refractivity contribution in [1.82, 2.24) is 0 Å². The minimum absolute atomic E-state index is 0.661. The number of rotatable bonds is 3. The number of hydrogen-bond acceptors (Lipinski definition) is 4. The Hall–Kier alpha value is -1.26. The van der Waals surface area contributed by atoms with Gasteiger partial charge >= 0.3 is 0 Å². The van der Waals surface area contributed by atoms with Crippen LogP contribution in [0.25, 0.3) is 0 Å². The molecule has 0 unspecified atom stereocenters. The number of anilines is 1. The third kappa shape index (κ3) is 2.11. The van der Waals surface area contributed by atoms with E-state index >= 15 is 0 Å². The van der Waals surface area contributed by atoms with Gasteiger partial charge in [-0.1, -0.05) is 0 Å². The lowest BCUT2D eigenvalue weighted by molar-refractivity contribution is 0.340. The SMILES string of the molecule is CCOc1ccc(N(N)N)cc1. The van der Waals surface area contributed by atoms with Crippen LogP contribution in [0.4, 0.5) is 5.69 Å². The second-order valence-corrected chi connectivity index (χ2v) is 2.33. The zero-order valence-electron chi connectivity index (χ0n) is 7.03. The van der Waals surface area contributed by atoms with Gasteiger partial charge in [-0.25, -0.2) is 16.8 Å². The van der Waals surface area contributed by atoms with Crippen LogP contribution >= 0.6 is 0 Å². The fourth-order valence-electron chi connectivity index (χ4n) is 0.881. The van der Waals surface area contributed by atoms with Crippen molar-refractivity contribution >= 4 is 5.69 Å². The highest BCUT2D eigenvalue weighted by molar-refractivity contribution is 5.46. The molecule has 0 saturated carbocycles. The van der Waals surface area contributed by atoms with Gasteiger partial charge in [0, 0.05) is 0 Å². The van der Waals surface area contributed by atoms with E-state index < -0.39 is 0 Å². The third-order valence-electron chi connectivity index (χ3n) is 1.45. The van der Waals surface area contributed by atoms with Gasteiger partial charge in [0.2, 0.25) is 0 Å². The summed E-state index contributed by atoms with van der Waals surface area (Å²) >= 11 is 0. The monoisotopic (exact) mass is 167 g/mol. The Morgan fingerprint density at radius 2 is 1.83 bits per heavy atom. The molecule has 12 heavy (non-hydrogen) atoms. The van der Waals surface area contributed by atoms with Crippen LogP contribution in [0.1, 0.15) is 6.92 Å². The number of ether oxygens (including phenoxy) is 1. The largest absolute Gasteiger partial charge is 0.494 e. The summed E-state index contributed by atoms with van der Waals surface area (Å²) < 4.78 is 5.24. The Morgan fingerprint density at radius 1 is 1.25 bits per heavy atom. The van der Waals surface area contributed by atoms with E-state index in [2.05, 4.69) is 0 Å². The first-order chi connectivity index (χ1) is 5.74. The maximum Gasteiger partial charge on any atom is 0.119 e. The topological polar surface area (TPSA) is 64.5 Å². The van der Waals surface area contributed by atoms with E-state index in [0.29, 0.717) is 6.61 Å². The maximum absolute atomic E-state index is 5.31. The van der Waals surface area contributed by atoms with Gasteiger partial charge in [0.1, 0.15) is 5.75 Å². The second kappa shape index (κ2) is 3.94. The number of nitrogens with zero attached hydrogens (tertiary/aromatic N) is 1. The number of nitrogens with two attached hydrogens (primary N) is 2. The van der Waals surface area contributed by atoms with E-state index in [4.69, 9.17) is 16.4 Å². The fraction of sp³-hybridized carbons (Fsp3) is 0.250. The van der Waals surface area contributed by atoms with Crippen molar-refractivity contribution in [3.8, 4) is 5.75 Å². The van der Waals surface area contributed by atoms with Gasteiger partial charge in [-0.3, -0.25) is 0 Å². The summed E-state index contributed by atoms with van der Waals surface area (Å²) in [5, 5.41) is 1.07. The average Bonchev–Trinajstić information content (AvgIpc) is 2.06. The highest BCUT2D eigenvalue weighted by Gasteiger charge is 1.95. The van der Waals surface area contributed by atoms with E-state index in [0.717, 1.165) is 16.6 Å². The van der Waals surface area contributed by atoms with Crippen molar-refractivity contribution in [2.24, 2.45) is 11.7 Å². The third-order valence-corrected chi connectivity index (χ3v) is 1.45. The molecule has 1 rings (SSSR count). The molecule has 0 aromatic heterocycles. The summed E-state index contributed by atoms with van der Waals surface area (Å²) in [5.74, 6) is 11.4. The van der Waals surface area contributed by atoms with Gasteiger partial charge in [0.25, 0.3) is 0 Å². The highest BCUT2D eigenvalue weighted by atomic mass is 16.5. The minimum Gasteiger partial charge on any atom is -0.494 e. The van der Waals surface area contributed by atoms with E-state index in [9.17, 15) is 0 Å². The molecule has 0 aliphatic carbocycles. The lowest BCUT2D eigenvalue weighted by atomic mass is 10.3. The molecule has 66 valence electrons. The van der Waals surface area contributed by atoms with E-state index in [1.54, 1.807) is 12.1 Å². The van der Waals surface area contributed by atoms with Crippen LogP contribution in [0.3, 0.4) is 0 Å². The molecule has 0 aliphatic rings. The van der Waals surface area contributed by atoms with Crippen molar-refractivity contribution in [3.05, 3.63) is 24.3 Å². The Morgan fingerprint density at radius 3 is 2.25 bits per heavy atom. The van der Waals surface area contributed by atoms with E-state index in [-0.39, 0.29) is 0 Å². The summed E-state index contributed by atoms with van der Waals surface area (Å²) in [5.41, 5.74) is 0.749. The van der Waals surface area contributed by atoms with Crippen LogP contribution in [-0.4, -0.2) is 6.61 Å². The molecule has 4 heteroatoms. The van der Waals surface area contributed by atoms with Crippen molar-refractivity contribution in [1.29, 1.82) is 0 Å². The van der Waals surface area contributed by atoms with Gasteiger partial charge < -0.3 is 4.74 Å². The first-order valence-corrected chi connectivity index (χ1v) is 3.76. The predicted molar refractivity (Wildman–Crippen MR) is 48.5 cm³/mol. The molecule has 0 bridgehead atoms. The lowest BCUT2D eigenvalue weighted by Crippen LogP contribution is -2.37. The lowest BCUT2D eigenvalue weighted by Gasteiger charge is -2.11. The van der Waals surface area contributed by atoms with E-state index in [1.807, 2.05) is 19.1 Å². The molecule has 0 heterocycles. The Balaban J connectivity index is 2.71. The summed E-state index contributed by atoms with van der Waals surface area (Å²) in [7, 11) is 0. The molecule has 0 fully saturated rings. The second-order valence-electron chi connectivity index (χ2n) is 2.33. The van der Waals surface area contributed by atoms with Crippen molar-refractivity contribution in [2.45, 2.75) is 6.92 Å². The zero-order chi connectivity index (χ0) is 8.97. The van der Waals surface area contributed by atoms with Crippen LogP contribution in [0.5, 0.6) is 5.75 Å². The van der Waals surface area contributed by atoms with E-state index in [1.165, 1.54) is 0 Å². The van der Waals surface area contributed by atoms with Gasteiger partial charge in [0.05, 0.1) is 12.3 Å². The van der Waals surface area contributed by atoms with Crippen molar-refractivity contribution in [3.63, 3.8) is 0 Å². The van der Waals surface area contributed by atoms with Crippen molar-refractivity contribution in [2.75, 3.05) is 11.7 Å². The number of hydrogen-bond donors (Lipinski definition) is 2. The van der Waals surface area contributed by atoms with Crippen molar-refractivity contribution < 1.29 is 4.74 Å². The van der Waals surface area contributed by atoms with Crippen LogP contribution in [0.2, 0.25) is 0 Å². The predicted octanol–water partition coefficient (Wildman–Crippen LogP) is 0.639. The molecule has 1 aromatic rings. The van der Waals surface area contributed by atoms with Crippen LogP contribution in [0.15, 0.2) is 24.3 Å². The molecular weight excluding hydrogens is 154 g/mol. The smallest absolute Gasteiger partial charge is 0.119 e. The van der Waals surface area contributed by atoms with Gasteiger partial charge in [-0.2, -0.15) is 0 Å². The summed E-state index contributed by atoms with van der Waals surface area (Å²) in [4.78, 5) is 0. The summed E-state index contributed by atoms with van der Waals surface area (Å²) in [6.45, 7) is 2.60. The molecule has 0 spiro atoms. The quantitative estimate of drug-likeness (QED) is 0.512. The first-order valence-electron chi connectivity index (χ1n) is 3.76. The fourth-order valence-corrected chi connectivity index (χ4v) is 0.881. The number of hydrazine groups is 2. The highest BCUT2D eigenvalue weighted by Crippen LogP contribution is 2.15. The zero-order valence-corrected chi connectivity index (χ0v) is 7.03. The van der Waals surface area contributed by atoms with Gasteiger partial charge in [-0.05, 0) is 31.2 Å². The molecule has 0 saturated heterocycles. The average molecular weight is 167 g/mol. The van der Waals surface area contributed by atoms with Crippen LogP contribution in [0, 0.1) is 0 Å². The Kier molecular flexibility index (Phi) is 2.90. The molecule has 1 aromatic carbocycles. The first kappa shape index (κ1) is 8.83. The van der Waals surface area contributed by atoms with Crippen LogP contribution < -0.4 is 21.5 Å². The molecule has 4 nitrogen and oxygen atoms in total. The van der Waals surface area contributed by atoms with Gasteiger partial charge in [-0.15, -0.1) is 0 Å². The molecule has 0 aliphatic heterocycles. The Bertz CT molecular complexity index is 233. The Labute approximate surface area is 71.7 Å². The summed E-state index contributed by atoms with van der Waals surface area (Å²) in [6, 6.07) is 7.24. The summed E-state index contributed by atoms with van der Waals surface area (Å²) in [6.07, 6.45) is 0. The van der Waals surface area contributed by atoms with Crippen LogP contribution in [-0.2, 0) is 0 Å². The van der Waals surface area contributed by atoms with Gasteiger partial charge in [0.15, 0.2) is 0 Å².